The highest BCUT2D eigenvalue weighted by Crippen LogP contribution is 2.21. The number of carbonyl (C=O) groups excluding carboxylic acids is 1. The van der Waals surface area contributed by atoms with Gasteiger partial charge in [-0.05, 0) is 12.1 Å². The van der Waals surface area contributed by atoms with E-state index in [2.05, 4.69) is 9.72 Å². The topological polar surface area (TPSA) is 76.6 Å². The van der Waals surface area contributed by atoms with Crippen molar-refractivity contribution in [3.05, 3.63) is 18.3 Å². The third kappa shape index (κ3) is 3.69. The van der Waals surface area contributed by atoms with Crippen LogP contribution < -0.4 is 4.90 Å². The first-order valence-corrected chi connectivity index (χ1v) is 7.18. The van der Waals surface area contributed by atoms with Gasteiger partial charge < -0.3 is 9.64 Å². The Bertz CT molecular complexity index is 528. The zero-order chi connectivity index (χ0) is 13.8. The maximum Gasteiger partial charge on any atom is 0.307 e. The summed E-state index contributed by atoms with van der Waals surface area (Å²) in [5, 5.41) is 0. The van der Waals surface area contributed by atoms with Crippen molar-refractivity contribution in [1.29, 1.82) is 0 Å². The van der Waals surface area contributed by atoms with Gasteiger partial charge in [-0.1, -0.05) is 0 Å². The third-order valence-corrected chi connectivity index (χ3v) is 3.51. The van der Waals surface area contributed by atoms with E-state index in [1.165, 1.54) is 19.4 Å². The summed E-state index contributed by atoms with van der Waals surface area (Å²) in [6.45, 7) is 0.339. The van der Waals surface area contributed by atoms with Crippen LogP contribution in [0.1, 0.15) is 6.42 Å². The van der Waals surface area contributed by atoms with Crippen molar-refractivity contribution in [2.45, 2.75) is 11.3 Å². The van der Waals surface area contributed by atoms with Crippen molar-refractivity contribution in [3.8, 4) is 0 Å². The first-order chi connectivity index (χ1) is 8.36. The van der Waals surface area contributed by atoms with E-state index in [9.17, 15) is 13.2 Å². The summed E-state index contributed by atoms with van der Waals surface area (Å²) in [6.07, 6.45) is 2.81. The molecule has 0 aliphatic heterocycles. The monoisotopic (exact) mass is 272 g/mol. The molecule has 0 saturated carbocycles. The number of pyridine rings is 1. The van der Waals surface area contributed by atoms with Gasteiger partial charge in [0.2, 0.25) is 0 Å². The van der Waals surface area contributed by atoms with Gasteiger partial charge in [0.1, 0.15) is 10.7 Å². The fourth-order valence-corrected chi connectivity index (χ4v) is 2.29. The maximum atomic E-state index is 11.6. The van der Waals surface area contributed by atoms with Crippen molar-refractivity contribution < 1.29 is 17.9 Å². The van der Waals surface area contributed by atoms with Crippen LogP contribution in [0.15, 0.2) is 23.2 Å². The van der Waals surface area contributed by atoms with E-state index < -0.39 is 9.84 Å². The molecular weight excluding hydrogens is 256 g/mol. The fraction of sp³-hybridized carbons (Fsp3) is 0.455. The van der Waals surface area contributed by atoms with Gasteiger partial charge in [0.25, 0.3) is 0 Å². The maximum absolute atomic E-state index is 11.6. The normalized spacial score (nSPS) is 11.1. The SMILES string of the molecule is COC(=O)CCN(C)c1ncccc1S(C)(=O)=O. The number of rotatable bonds is 5. The Morgan fingerprint density at radius 1 is 1.50 bits per heavy atom. The van der Waals surface area contributed by atoms with Crippen LogP contribution >= 0.6 is 0 Å². The zero-order valence-electron chi connectivity index (χ0n) is 10.6. The predicted molar refractivity (Wildman–Crippen MR) is 67.2 cm³/mol. The average molecular weight is 272 g/mol. The van der Waals surface area contributed by atoms with Gasteiger partial charge in [0.05, 0.1) is 13.5 Å². The minimum Gasteiger partial charge on any atom is -0.469 e. The van der Waals surface area contributed by atoms with Crippen LogP contribution in [-0.4, -0.2) is 46.3 Å². The number of esters is 1. The number of methoxy groups -OCH3 is 1. The van der Waals surface area contributed by atoms with Gasteiger partial charge >= 0.3 is 5.97 Å². The summed E-state index contributed by atoms with van der Waals surface area (Å²) in [6, 6.07) is 3.06. The largest absolute Gasteiger partial charge is 0.469 e. The molecular formula is C11H16N2O4S. The zero-order valence-corrected chi connectivity index (χ0v) is 11.4. The number of hydrogen-bond acceptors (Lipinski definition) is 6. The Morgan fingerprint density at radius 2 is 2.17 bits per heavy atom. The van der Waals surface area contributed by atoms with Crippen LogP contribution in [0.25, 0.3) is 0 Å². The highest BCUT2D eigenvalue weighted by atomic mass is 32.2. The summed E-state index contributed by atoms with van der Waals surface area (Å²) in [5.74, 6) is -0.0115. The molecule has 0 aromatic carbocycles. The van der Waals surface area contributed by atoms with Crippen molar-refractivity contribution in [2.75, 3.05) is 31.9 Å². The second-order valence-corrected chi connectivity index (χ2v) is 5.83. The molecule has 0 bridgehead atoms. The van der Waals surface area contributed by atoms with Crippen molar-refractivity contribution >= 4 is 21.6 Å². The summed E-state index contributed by atoms with van der Waals surface area (Å²) < 4.78 is 27.7. The molecule has 0 aliphatic rings. The van der Waals surface area contributed by atoms with Crippen LogP contribution in [0.5, 0.6) is 0 Å². The lowest BCUT2D eigenvalue weighted by atomic mass is 10.3. The Hall–Kier alpha value is -1.63. The second kappa shape index (κ2) is 5.81. The highest BCUT2D eigenvalue weighted by molar-refractivity contribution is 7.90. The molecule has 1 aromatic heterocycles. The molecule has 18 heavy (non-hydrogen) atoms. The molecule has 0 fully saturated rings. The smallest absolute Gasteiger partial charge is 0.307 e. The quantitative estimate of drug-likeness (QED) is 0.726. The van der Waals surface area contributed by atoms with Gasteiger partial charge in [0.15, 0.2) is 9.84 Å². The Kier molecular flexibility index (Phi) is 4.66. The molecule has 6 nitrogen and oxygen atoms in total. The number of hydrogen-bond donors (Lipinski definition) is 0. The molecule has 1 heterocycles. The Morgan fingerprint density at radius 3 is 2.72 bits per heavy atom. The average Bonchev–Trinajstić information content (AvgIpc) is 2.34. The highest BCUT2D eigenvalue weighted by Gasteiger charge is 2.17. The van der Waals surface area contributed by atoms with Crippen molar-refractivity contribution in [3.63, 3.8) is 0 Å². The molecule has 0 N–H and O–H groups in total. The Balaban J connectivity index is 2.93. The first kappa shape index (κ1) is 14.4. The number of sulfone groups is 1. The molecule has 0 spiro atoms. The standard InChI is InChI=1S/C11H16N2O4S/c1-13(8-6-10(14)17-2)11-9(18(3,15)16)5-4-7-12-11/h4-5,7H,6,8H2,1-3H3. The lowest BCUT2D eigenvalue weighted by Crippen LogP contribution is -2.24. The minimum atomic E-state index is -3.34. The summed E-state index contributed by atoms with van der Waals surface area (Å²) >= 11 is 0. The van der Waals surface area contributed by atoms with E-state index in [1.54, 1.807) is 18.0 Å². The Labute approximate surface area is 107 Å². The second-order valence-electron chi connectivity index (χ2n) is 3.84. The van der Waals surface area contributed by atoms with E-state index >= 15 is 0 Å². The lowest BCUT2D eigenvalue weighted by molar-refractivity contribution is -0.140. The lowest BCUT2D eigenvalue weighted by Gasteiger charge is -2.19. The number of anilines is 1. The van der Waals surface area contributed by atoms with Crippen molar-refractivity contribution in [1.82, 2.24) is 4.98 Å². The van der Waals surface area contributed by atoms with Gasteiger partial charge in [-0.3, -0.25) is 4.79 Å². The van der Waals surface area contributed by atoms with Crippen LogP contribution in [0, 0.1) is 0 Å². The summed E-state index contributed by atoms with van der Waals surface area (Å²) in [4.78, 5) is 16.9. The number of ether oxygens (including phenoxy) is 1. The van der Waals surface area contributed by atoms with Crippen LogP contribution in [-0.2, 0) is 19.4 Å². The first-order valence-electron chi connectivity index (χ1n) is 5.29. The van der Waals surface area contributed by atoms with E-state index in [-0.39, 0.29) is 17.3 Å². The third-order valence-electron chi connectivity index (χ3n) is 2.39. The molecule has 0 unspecified atom stereocenters. The predicted octanol–water partition coefficient (Wildman–Crippen LogP) is 0.484. The van der Waals surface area contributed by atoms with Crippen molar-refractivity contribution in [2.24, 2.45) is 0 Å². The van der Waals surface area contributed by atoms with Crippen LogP contribution in [0.3, 0.4) is 0 Å². The number of carbonyl (C=O) groups is 1. The number of aromatic nitrogens is 1. The van der Waals surface area contributed by atoms with E-state index in [4.69, 9.17) is 0 Å². The summed E-state index contributed by atoms with van der Waals surface area (Å²) in [7, 11) is -0.352. The molecule has 0 atom stereocenters. The van der Waals surface area contributed by atoms with Gasteiger partial charge in [-0.15, -0.1) is 0 Å². The molecule has 0 radical (unpaired) electrons. The van der Waals surface area contributed by atoms with E-state index in [1.807, 2.05) is 0 Å². The molecule has 100 valence electrons. The number of nitrogens with zero attached hydrogens (tertiary/aromatic N) is 2. The van der Waals surface area contributed by atoms with Gasteiger partial charge in [0, 0.05) is 26.0 Å². The molecule has 0 amide bonds. The molecule has 0 saturated heterocycles. The van der Waals surface area contributed by atoms with Crippen LogP contribution in [0.4, 0.5) is 5.82 Å². The van der Waals surface area contributed by atoms with Crippen LogP contribution in [0.2, 0.25) is 0 Å². The van der Waals surface area contributed by atoms with Gasteiger partial charge in [-0.2, -0.15) is 0 Å². The molecule has 1 aromatic rings. The molecule has 7 heteroatoms. The minimum absolute atomic E-state index is 0.150. The summed E-state index contributed by atoms with van der Waals surface area (Å²) in [5.41, 5.74) is 0. The van der Waals surface area contributed by atoms with E-state index in [0.29, 0.717) is 12.4 Å². The molecule has 1 rings (SSSR count). The fourth-order valence-electron chi connectivity index (χ4n) is 1.43. The van der Waals surface area contributed by atoms with E-state index in [0.717, 1.165) is 6.26 Å². The van der Waals surface area contributed by atoms with Gasteiger partial charge in [-0.25, -0.2) is 13.4 Å². The molecule has 0 aliphatic carbocycles.